The number of aromatic amines is 1. The van der Waals surface area contributed by atoms with Crippen molar-refractivity contribution in [2.75, 3.05) is 0 Å². The number of nitrogens with zero attached hydrogens (tertiary/aromatic N) is 1. The molecule has 1 saturated carbocycles. The van der Waals surface area contributed by atoms with E-state index < -0.39 is 5.69 Å². The molecular weight excluding hydrogens is 264 g/mol. The van der Waals surface area contributed by atoms with Crippen LogP contribution in [-0.4, -0.2) is 9.55 Å². The Kier molecular flexibility index (Phi) is 4.50. The monoisotopic (exact) mass is 284 g/mol. The van der Waals surface area contributed by atoms with E-state index in [1.165, 1.54) is 23.8 Å². The van der Waals surface area contributed by atoms with Gasteiger partial charge in [-0.2, -0.15) is 0 Å². The van der Waals surface area contributed by atoms with Crippen LogP contribution in [0.5, 0.6) is 0 Å². The number of hydrogen-bond donors (Lipinski definition) is 1. The Bertz CT molecular complexity index is 554. The van der Waals surface area contributed by atoms with E-state index in [4.69, 9.17) is 11.6 Å². The number of H-pyrrole nitrogens is 1. The zero-order chi connectivity index (χ0) is 14.0. The number of halogens is 1. The lowest BCUT2D eigenvalue weighted by Crippen LogP contribution is -2.39. The van der Waals surface area contributed by atoms with Gasteiger partial charge in [-0.3, -0.25) is 14.3 Å². The van der Waals surface area contributed by atoms with Crippen molar-refractivity contribution < 1.29 is 0 Å². The molecule has 1 aliphatic rings. The van der Waals surface area contributed by atoms with E-state index in [1.54, 1.807) is 6.92 Å². The molecule has 1 aromatic rings. The maximum atomic E-state index is 12.1. The van der Waals surface area contributed by atoms with Crippen LogP contribution in [0.1, 0.15) is 44.6 Å². The predicted octanol–water partition coefficient (Wildman–Crippen LogP) is 2.71. The Balaban J connectivity index is 2.15. The van der Waals surface area contributed by atoms with Crippen molar-refractivity contribution in [2.24, 2.45) is 11.8 Å². The molecular formula is C14H21ClN2O2. The summed E-state index contributed by atoms with van der Waals surface area (Å²) >= 11 is 5.80. The minimum atomic E-state index is -0.391. The van der Waals surface area contributed by atoms with Gasteiger partial charge in [0.2, 0.25) is 0 Å². The molecule has 1 aromatic heterocycles. The average Bonchev–Trinajstić information content (AvgIpc) is 2.42. The molecule has 106 valence electrons. The lowest BCUT2D eigenvalue weighted by molar-refractivity contribution is 0.243. The highest BCUT2D eigenvalue weighted by atomic mass is 35.5. The molecule has 0 amide bonds. The van der Waals surface area contributed by atoms with E-state index in [2.05, 4.69) is 11.9 Å². The summed E-state index contributed by atoms with van der Waals surface area (Å²) in [7, 11) is 0. The highest BCUT2D eigenvalue weighted by Gasteiger charge is 2.21. The molecule has 19 heavy (non-hydrogen) atoms. The van der Waals surface area contributed by atoms with Gasteiger partial charge < -0.3 is 0 Å². The lowest BCUT2D eigenvalue weighted by Gasteiger charge is -2.27. The summed E-state index contributed by atoms with van der Waals surface area (Å²) in [6, 6.07) is 0. The van der Waals surface area contributed by atoms with Crippen molar-refractivity contribution in [2.45, 2.75) is 52.5 Å². The number of aromatic nitrogens is 2. The van der Waals surface area contributed by atoms with Crippen LogP contribution in [0.4, 0.5) is 0 Å². The summed E-state index contributed by atoms with van der Waals surface area (Å²) in [6.45, 7) is 4.39. The smallest absolute Gasteiger partial charge is 0.297 e. The van der Waals surface area contributed by atoms with Crippen LogP contribution in [0.3, 0.4) is 0 Å². The van der Waals surface area contributed by atoms with Crippen LogP contribution in [0, 0.1) is 18.8 Å². The first-order valence-electron chi connectivity index (χ1n) is 7.02. The molecule has 0 saturated heterocycles. The molecule has 0 aromatic carbocycles. The number of rotatable bonds is 3. The van der Waals surface area contributed by atoms with E-state index in [1.807, 2.05) is 0 Å². The standard InChI is InChI=1S/C14H21ClN2O2/c1-3-10-4-6-11(7-5-10)8-17-13(18)9(2)12(15)16-14(17)19/h10-11H,3-8H2,1-2H3,(H,16,19). The normalized spacial score (nSPS) is 23.5. The highest BCUT2D eigenvalue weighted by Crippen LogP contribution is 2.31. The lowest BCUT2D eigenvalue weighted by atomic mass is 9.81. The molecule has 0 bridgehead atoms. The third-order valence-corrected chi connectivity index (χ3v) is 4.72. The van der Waals surface area contributed by atoms with Gasteiger partial charge in [-0.25, -0.2) is 4.79 Å². The summed E-state index contributed by atoms with van der Waals surface area (Å²) in [6.07, 6.45) is 5.85. The first-order valence-corrected chi connectivity index (χ1v) is 7.40. The third-order valence-electron chi connectivity index (χ3n) is 4.34. The second-order valence-electron chi connectivity index (χ2n) is 5.58. The minimum Gasteiger partial charge on any atom is -0.297 e. The van der Waals surface area contributed by atoms with Gasteiger partial charge in [0.25, 0.3) is 5.56 Å². The Labute approximate surface area is 117 Å². The zero-order valence-corrected chi connectivity index (χ0v) is 12.3. The maximum Gasteiger partial charge on any atom is 0.329 e. The molecule has 0 spiro atoms. The third kappa shape index (κ3) is 3.11. The van der Waals surface area contributed by atoms with Gasteiger partial charge in [-0.1, -0.05) is 37.8 Å². The summed E-state index contributed by atoms with van der Waals surface area (Å²) in [5, 5.41) is 0.154. The predicted molar refractivity (Wildman–Crippen MR) is 76.8 cm³/mol. The second-order valence-corrected chi connectivity index (χ2v) is 5.96. The molecule has 1 aliphatic carbocycles. The second kappa shape index (κ2) is 5.95. The van der Waals surface area contributed by atoms with Crippen molar-refractivity contribution >= 4 is 11.6 Å². The molecule has 0 unspecified atom stereocenters. The fraction of sp³-hybridized carbons (Fsp3) is 0.714. The minimum absolute atomic E-state index is 0.154. The van der Waals surface area contributed by atoms with Gasteiger partial charge in [0.1, 0.15) is 5.15 Å². The Morgan fingerprint density at radius 1 is 1.21 bits per heavy atom. The Hall–Kier alpha value is -1.03. The molecule has 1 fully saturated rings. The zero-order valence-electron chi connectivity index (χ0n) is 11.5. The van der Waals surface area contributed by atoms with Crippen molar-refractivity contribution in [3.05, 3.63) is 31.6 Å². The summed E-state index contributed by atoms with van der Waals surface area (Å²) < 4.78 is 1.30. The van der Waals surface area contributed by atoms with E-state index in [0.29, 0.717) is 18.0 Å². The SMILES string of the molecule is CCC1CCC(Cn2c(=O)[nH]c(Cl)c(C)c2=O)CC1. The molecule has 0 aliphatic heterocycles. The van der Waals surface area contributed by atoms with Crippen molar-refractivity contribution in [3.8, 4) is 0 Å². The first-order chi connectivity index (χ1) is 9.02. The fourth-order valence-corrected chi connectivity index (χ4v) is 3.05. The molecule has 1 N–H and O–H groups in total. The van der Waals surface area contributed by atoms with Crippen LogP contribution in [0.15, 0.2) is 9.59 Å². The summed E-state index contributed by atoms with van der Waals surface area (Å²) in [5.41, 5.74) is -0.229. The van der Waals surface area contributed by atoms with Gasteiger partial charge >= 0.3 is 5.69 Å². The molecule has 1 heterocycles. The van der Waals surface area contributed by atoms with Crippen LogP contribution in [0.25, 0.3) is 0 Å². The number of hydrogen-bond acceptors (Lipinski definition) is 2. The van der Waals surface area contributed by atoms with E-state index in [9.17, 15) is 9.59 Å². The molecule has 5 heteroatoms. The highest BCUT2D eigenvalue weighted by molar-refractivity contribution is 6.30. The van der Waals surface area contributed by atoms with Crippen LogP contribution in [-0.2, 0) is 6.54 Å². The Morgan fingerprint density at radius 2 is 1.79 bits per heavy atom. The fourth-order valence-electron chi connectivity index (χ4n) is 2.89. The van der Waals surface area contributed by atoms with Gasteiger partial charge in [-0.15, -0.1) is 0 Å². The molecule has 0 atom stereocenters. The van der Waals surface area contributed by atoms with Crippen molar-refractivity contribution in [3.63, 3.8) is 0 Å². The van der Waals surface area contributed by atoms with Gasteiger partial charge in [0.05, 0.1) is 0 Å². The largest absolute Gasteiger partial charge is 0.329 e. The van der Waals surface area contributed by atoms with E-state index in [0.717, 1.165) is 18.8 Å². The van der Waals surface area contributed by atoms with Crippen molar-refractivity contribution in [1.29, 1.82) is 0 Å². The summed E-state index contributed by atoms with van der Waals surface area (Å²) in [4.78, 5) is 26.4. The van der Waals surface area contributed by atoms with Gasteiger partial charge in [-0.05, 0) is 31.6 Å². The Morgan fingerprint density at radius 3 is 2.37 bits per heavy atom. The topological polar surface area (TPSA) is 54.9 Å². The average molecular weight is 285 g/mol. The maximum absolute atomic E-state index is 12.1. The molecule has 2 rings (SSSR count). The molecule has 0 radical (unpaired) electrons. The first kappa shape index (κ1) is 14.4. The van der Waals surface area contributed by atoms with Crippen LogP contribution < -0.4 is 11.2 Å². The number of nitrogens with one attached hydrogen (secondary N) is 1. The van der Waals surface area contributed by atoms with Crippen LogP contribution >= 0.6 is 11.6 Å². The quantitative estimate of drug-likeness (QED) is 0.868. The van der Waals surface area contributed by atoms with Gasteiger partial charge in [0, 0.05) is 12.1 Å². The van der Waals surface area contributed by atoms with Crippen LogP contribution in [0.2, 0.25) is 5.15 Å². The van der Waals surface area contributed by atoms with E-state index in [-0.39, 0.29) is 10.7 Å². The van der Waals surface area contributed by atoms with Gasteiger partial charge in [0.15, 0.2) is 0 Å². The van der Waals surface area contributed by atoms with E-state index >= 15 is 0 Å². The molecule has 4 nitrogen and oxygen atoms in total. The van der Waals surface area contributed by atoms with Crippen molar-refractivity contribution in [1.82, 2.24) is 9.55 Å². The summed E-state index contributed by atoms with van der Waals surface area (Å²) in [5.74, 6) is 1.25.